The maximum absolute atomic E-state index is 12.0. The summed E-state index contributed by atoms with van der Waals surface area (Å²) in [5.41, 5.74) is 3.31. The molecular weight excluding hydrogens is 308 g/mol. The average molecular weight is 334 g/mol. The zero-order valence-corrected chi connectivity index (χ0v) is 14.5. The van der Waals surface area contributed by atoms with Crippen molar-refractivity contribution in [3.8, 4) is 0 Å². The molecule has 24 heavy (non-hydrogen) atoms. The number of ether oxygens (including phenoxy) is 1. The van der Waals surface area contributed by atoms with Gasteiger partial charge in [0.05, 0.1) is 0 Å². The molecule has 0 radical (unpaired) electrons. The summed E-state index contributed by atoms with van der Waals surface area (Å²) >= 11 is 0. The fourth-order valence-corrected chi connectivity index (χ4v) is 2.52. The molecule has 1 aliphatic rings. The molecule has 0 spiro atoms. The van der Waals surface area contributed by atoms with Crippen molar-refractivity contribution in [2.75, 3.05) is 26.2 Å². The fourth-order valence-electron chi connectivity index (χ4n) is 2.52. The predicted molar refractivity (Wildman–Crippen MR) is 91.2 cm³/mol. The van der Waals surface area contributed by atoms with E-state index in [1.54, 1.807) is 17.0 Å². The second-order valence-electron chi connectivity index (χ2n) is 6.91. The van der Waals surface area contributed by atoms with Crippen molar-refractivity contribution in [2.24, 2.45) is 5.84 Å². The minimum Gasteiger partial charge on any atom is -0.444 e. The summed E-state index contributed by atoms with van der Waals surface area (Å²) in [4.78, 5) is 27.5. The molecule has 0 bridgehead atoms. The molecule has 1 aromatic carbocycles. The van der Waals surface area contributed by atoms with E-state index in [4.69, 9.17) is 10.6 Å². The van der Waals surface area contributed by atoms with E-state index in [9.17, 15) is 9.59 Å². The van der Waals surface area contributed by atoms with Crippen molar-refractivity contribution < 1.29 is 14.3 Å². The molecule has 1 aromatic rings. The van der Waals surface area contributed by atoms with Gasteiger partial charge in [-0.3, -0.25) is 15.1 Å². The van der Waals surface area contributed by atoms with Gasteiger partial charge in [0, 0.05) is 38.3 Å². The normalized spacial score (nSPS) is 15.9. The van der Waals surface area contributed by atoms with Gasteiger partial charge in [0.1, 0.15) is 5.60 Å². The molecule has 0 atom stereocenters. The van der Waals surface area contributed by atoms with E-state index in [1.165, 1.54) is 0 Å². The molecule has 2 amide bonds. The Balaban J connectivity index is 1.82. The highest BCUT2D eigenvalue weighted by atomic mass is 16.6. The Kier molecular flexibility index (Phi) is 5.80. The van der Waals surface area contributed by atoms with Crippen LogP contribution in [0.2, 0.25) is 0 Å². The molecule has 2 rings (SSSR count). The highest BCUT2D eigenvalue weighted by Crippen LogP contribution is 2.14. The van der Waals surface area contributed by atoms with Crippen molar-refractivity contribution in [2.45, 2.75) is 32.9 Å². The largest absolute Gasteiger partial charge is 0.444 e. The van der Waals surface area contributed by atoms with Crippen molar-refractivity contribution in [3.63, 3.8) is 0 Å². The Morgan fingerprint density at radius 2 is 1.71 bits per heavy atom. The molecule has 1 fully saturated rings. The first-order valence-electron chi connectivity index (χ1n) is 8.08. The Labute approximate surface area is 142 Å². The van der Waals surface area contributed by atoms with Gasteiger partial charge in [-0.15, -0.1) is 0 Å². The second kappa shape index (κ2) is 7.63. The van der Waals surface area contributed by atoms with Gasteiger partial charge in [-0.2, -0.15) is 0 Å². The highest BCUT2D eigenvalue weighted by Gasteiger charge is 2.25. The van der Waals surface area contributed by atoms with Crippen LogP contribution in [0, 0.1) is 0 Å². The van der Waals surface area contributed by atoms with E-state index in [0.717, 1.165) is 25.2 Å². The number of amides is 2. The molecule has 132 valence electrons. The van der Waals surface area contributed by atoms with Crippen molar-refractivity contribution in [1.82, 2.24) is 15.2 Å². The van der Waals surface area contributed by atoms with E-state index >= 15 is 0 Å². The van der Waals surface area contributed by atoms with Crippen molar-refractivity contribution in [1.29, 1.82) is 0 Å². The standard InChI is InChI=1S/C17H26N4O3/c1-17(2,3)24-16(23)21-10-8-20(9-11-21)12-13-4-6-14(7-5-13)15(22)19-18/h4-7H,8-12,18H2,1-3H3,(H,19,22). The van der Waals surface area contributed by atoms with Gasteiger partial charge < -0.3 is 9.64 Å². The third-order valence-corrected chi connectivity index (χ3v) is 3.78. The number of hydrogen-bond acceptors (Lipinski definition) is 5. The zero-order valence-electron chi connectivity index (χ0n) is 14.5. The molecular formula is C17H26N4O3. The summed E-state index contributed by atoms with van der Waals surface area (Å²) in [6, 6.07) is 7.36. The third kappa shape index (κ3) is 5.21. The van der Waals surface area contributed by atoms with Gasteiger partial charge in [0.2, 0.25) is 0 Å². The number of nitrogens with two attached hydrogens (primary N) is 1. The average Bonchev–Trinajstić information content (AvgIpc) is 2.54. The molecule has 1 heterocycles. The van der Waals surface area contributed by atoms with Gasteiger partial charge >= 0.3 is 6.09 Å². The summed E-state index contributed by atoms with van der Waals surface area (Å²) in [6.45, 7) is 9.30. The number of piperazine rings is 1. The highest BCUT2D eigenvalue weighted by molar-refractivity contribution is 5.93. The lowest BCUT2D eigenvalue weighted by molar-refractivity contribution is 0.0139. The van der Waals surface area contributed by atoms with Crippen LogP contribution < -0.4 is 11.3 Å². The van der Waals surface area contributed by atoms with Crippen molar-refractivity contribution in [3.05, 3.63) is 35.4 Å². The Morgan fingerprint density at radius 3 is 2.21 bits per heavy atom. The number of carbonyl (C=O) groups is 2. The maximum Gasteiger partial charge on any atom is 0.410 e. The SMILES string of the molecule is CC(C)(C)OC(=O)N1CCN(Cc2ccc(C(=O)NN)cc2)CC1. The number of rotatable bonds is 3. The first-order valence-corrected chi connectivity index (χ1v) is 8.08. The molecule has 1 aliphatic heterocycles. The van der Waals surface area contributed by atoms with Crippen LogP contribution in [-0.2, 0) is 11.3 Å². The summed E-state index contributed by atoms with van der Waals surface area (Å²) in [5.74, 6) is 4.82. The summed E-state index contributed by atoms with van der Waals surface area (Å²) < 4.78 is 5.40. The summed E-state index contributed by atoms with van der Waals surface area (Å²) in [5, 5.41) is 0. The van der Waals surface area contributed by atoms with Crippen molar-refractivity contribution >= 4 is 12.0 Å². The Morgan fingerprint density at radius 1 is 1.12 bits per heavy atom. The van der Waals surface area contributed by atoms with E-state index < -0.39 is 5.60 Å². The van der Waals surface area contributed by atoms with Crippen LogP contribution in [0.5, 0.6) is 0 Å². The van der Waals surface area contributed by atoms with E-state index in [-0.39, 0.29) is 12.0 Å². The topological polar surface area (TPSA) is 87.9 Å². The van der Waals surface area contributed by atoms with E-state index in [1.807, 2.05) is 32.9 Å². The minimum absolute atomic E-state index is 0.251. The number of nitrogen functional groups attached to an aromatic ring is 1. The van der Waals surface area contributed by atoms with E-state index in [2.05, 4.69) is 10.3 Å². The smallest absolute Gasteiger partial charge is 0.410 e. The molecule has 0 unspecified atom stereocenters. The van der Waals surface area contributed by atoms with Crippen LogP contribution in [0.4, 0.5) is 4.79 Å². The molecule has 7 nitrogen and oxygen atoms in total. The Hall–Kier alpha value is -2.12. The zero-order chi connectivity index (χ0) is 17.7. The number of hydrogen-bond donors (Lipinski definition) is 2. The van der Waals surface area contributed by atoms with Gasteiger partial charge in [0.15, 0.2) is 0 Å². The number of hydrazine groups is 1. The third-order valence-electron chi connectivity index (χ3n) is 3.78. The molecule has 3 N–H and O–H groups in total. The van der Waals surface area contributed by atoms with Crippen LogP contribution in [0.3, 0.4) is 0 Å². The minimum atomic E-state index is -0.466. The van der Waals surface area contributed by atoms with Gasteiger partial charge in [0.25, 0.3) is 5.91 Å². The van der Waals surface area contributed by atoms with Crippen LogP contribution in [0.1, 0.15) is 36.7 Å². The molecule has 0 aliphatic carbocycles. The first-order chi connectivity index (χ1) is 11.3. The lowest BCUT2D eigenvalue weighted by atomic mass is 10.1. The number of nitrogens with zero attached hydrogens (tertiary/aromatic N) is 2. The molecule has 0 saturated carbocycles. The molecule has 7 heteroatoms. The Bertz CT molecular complexity index is 572. The number of carbonyl (C=O) groups excluding carboxylic acids is 2. The summed E-state index contributed by atoms with van der Waals surface area (Å²) in [6.07, 6.45) is -0.251. The van der Waals surface area contributed by atoms with E-state index in [0.29, 0.717) is 18.7 Å². The molecule has 0 aromatic heterocycles. The maximum atomic E-state index is 12.0. The van der Waals surface area contributed by atoms with Crippen LogP contribution in [0.25, 0.3) is 0 Å². The quantitative estimate of drug-likeness (QED) is 0.495. The molecule has 1 saturated heterocycles. The fraction of sp³-hybridized carbons (Fsp3) is 0.529. The lowest BCUT2D eigenvalue weighted by Crippen LogP contribution is -2.49. The van der Waals surface area contributed by atoms with Gasteiger partial charge in [-0.1, -0.05) is 12.1 Å². The predicted octanol–water partition coefficient (Wildman–Crippen LogP) is 1.34. The van der Waals surface area contributed by atoms with Gasteiger partial charge in [-0.05, 0) is 38.5 Å². The van der Waals surface area contributed by atoms with Gasteiger partial charge in [-0.25, -0.2) is 10.6 Å². The number of nitrogens with one attached hydrogen (secondary N) is 1. The first kappa shape index (κ1) is 18.2. The van der Waals surface area contributed by atoms with Crippen LogP contribution in [0.15, 0.2) is 24.3 Å². The second-order valence-corrected chi connectivity index (χ2v) is 6.91. The van der Waals surface area contributed by atoms with Crippen LogP contribution >= 0.6 is 0 Å². The number of benzene rings is 1. The summed E-state index contributed by atoms with van der Waals surface area (Å²) in [7, 11) is 0. The van der Waals surface area contributed by atoms with Crippen LogP contribution in [-0.4, -0.2) is 53.6 Å². The monoisotopic (exact) mass is 334 g/mol. The lowest BCUT2D eigenvalue weighted by Gasteiger charge is -2.35.